The first kappa shape index (κ1) is 19.9. The Kier molecular flexibility index (Phi) is 4.77. The SMILES string of the molecule is Cc1cc(N2CCC3(CCOCC3)CC2)cc2c(=O)[nH]c(-c3cc4ccsc4cn3)nc12. The van der Waals surface area contributed by atoms with Crippen LogP contribution >= 0.6 is 11.3 Å². The number of fused-ring (bicyclic) bond motifs is 2. The van der Waals surface area contributed by atoms with Crippen LogP contribution in [0.25, 0.3) is 32.5 Å². The molecule has 0 saturated carbocycles. The molecule has 0 bridgehead atoms. The first-order valence-electron chi connectivity index (χ1n) is 11.3. The van der Waals surface area contributed by atoms with E-state index in [9.17, 15) is 4.79 Å². The van der Waals surface area contributed by atoms with Gasteiger partial charge < -0.3 is 14.6 Å². The van der Waals surface area contributed by atoms with Crippen molar-refractivity contribution >= 4 is 38.0 Å². The van der Waals surface area contributed by atoms with Gasteiger partial charge in [0, 0.05) is 38.2 Å². The summed E-state index contributed by atoms with van der Waals surface area (Å²) >= 11 is 1.66. The molecule has 2 aliphatic heterocycles. The number of hydrogen-bond donors (Lipinski definition) is 1. The smallest absolute Gasteiger partial charge is 0.259 e. The number of nitrogens with zero attached hydrogens (tertiary/aromatic N) is 3. The van der Waals surface area contributed by atoms with E-state index in [-0.39, 0.29) is 5.56 Å². The van der Waals surface area contributed by atoms with Crippen LogP contribution in [0.1, 0.15) is 31.2 Å². The summed E-state index contributed by atoms with van der Waals surface area (Å²) in [6.07, 6.45) is 6.58. The molecule has 0 radical (unpaired) electrons. The Morgan fingerprint density at radius 1 is 1.12 bits per heavy atom. The van der Waals surface area contributed by atoms with E-state index < -0.39 is 0 Å². The Morgan fingerprint density at radius 3 is 2.75 bits per heavy atom. The highest BCUT2D eigenvalue weighted by Crippen LogP contribution is 2.41. The number of piperidine rings is 1. The van der Waals surface area contributed by atoms with Crippen molar-refractivity contribution in [2.45, 2.75) is 32.6 Å². The lowest BCUT2D eigenvalue weighted by Crippen LogP contribution is -2.43. The van der Waals surface area contributed by atoms with Crippen LogP contribution in [-0.2, 0) is 4.74 Å². The minimum Gasteiger partial charge on any atom is -0.381 e. The highest BCUT2D eigenvalue weighted by molar-refractivity contribution is 7.17. The van der Waals surface area contributed by atoms with Crippen molar-refractivity contribution in [3.8, 4) is 11.5 Å². The summed E-state index contributed by atoms with van der Waals surface area (Å²) in [7, 11) is 0. The molecule has 0 aliphatic carbocycles. The highest BCUT2D eigenvalue weighted by atomic mass is 32.1. The zero-order chi connectivity index (χ0) is 21.7. The van der Waals surface area contributed by atoms with Gasteiger partial charge in [0.05, 0.1) is 15.6 Å². The molecule has 32 heavy (non-hydrogen) atoms. The maximum atomic E-state index is 13.1. The third-order valence-corrected chi connectivity index (χ3v) is 8.18. The van der Waals surface area contributed by atoms with Crippen molar-refractivity contribution in [1.82, 2.24) is 15.0 Å². The summed E-state index contributed by atoms with van der Waals surface area (Å²) in [5.41, 5.74) is 3.92. The van der Waals surface area contributed by atoms with Crippen LogP contribution < -0.4 is 10.5 Å². The predicted octanol–water partition coefficient (Wildman–Crippen LogP) is 4.91. The molecule has 2 aliphatic rings. The second-order valence-corrected chi connectivity index (χ2v) is 10.1. The highest BCUT2D eigenvalue weighted by Gasteiger charge is 2.36. The standard InChI is InChI=1S/C25H26N4O2S/c1-16-12-18(29-7-3-25(4-8-29)5-9-31-10-6-25)14-19-22(16)27-23(28-24(19)30)20-13-17-2-11-32-21(17)15-26-20/h2,11-15H,3-10H2,1H3,(H,27,28,30). The molecule has 0 unspecified atom stereocenters. The molecule has 6 nitrogen and oxygen atoms in total. The number of aromatic nitrogens is 3. The number of nitrogens with one attached hydrogen (secondary N) is 1. The zero-order valence-electron chi connectivity index (χ0n) is 18.2. The second-order valence-electron chi connectivity index (χ2n) is 9.20. The molecule has 1 aromatic carbocycles. The summed E-state index contributed by atoms with van der Waals surface area (Å²) < 4.78 is 6.71. The van der Waals surface area contributed by atoms with Crippen molar-refractivity contribution in [3.63, 3.8) is 0 Å². The molecule has 3 aromatic heterocycles. The van der Waals surface area contributed by atoms with Crippen LogP contribution in [0, 0.1) is 12.3 Å². The van der Waals surface area contributed by atoms with Crippen molar-refractivity contribution < 1.29 is 4.74 Å². The number of aryl methyl sites for hydroxylation is 1. The molecule has 7 heteroatoms. The molecule has 6 rings (SSSR count). The maximum Gasteiger partial charge on any atom is 0.259 e. The number of rotatable bonds is 2. The van der Waals surface area contributed by atoms with E-state index in [0.29, 0.717) is 22.3 Å². The third kappa shape index (κ3) is 3.40. The van der Waals surface area contributed by atoms with Crippen molar-refractivity contribution in [2.24, 2.45) is 5.41 Å². The fraction of sp³-hybridized carbons (Fsp3) is 0.400. The van der Waals surface area contributed by atoms with Crippen LogP contribution in [-0.4, -0.2) is 41.3 Å². The van der Waals surface area contributed by atoms with Crippen LogP contribution in [0.3, 0.4) is 0 Å². The monoisotopic (exact) mass is 446 g/mol. The number of benzene rings is 1. The van der Waals surface area contributed by atoms with Gasteiger partial charge in [-0.1, -0.05) is 0 Å². The van der Waals surface area contributed by atoms with Gasteiger partial charge in [-0.2, -0.15) is 0 Å². The van der Waals surface area contributed by atoms with Crippen molar-refractivity contribution in [1.29, 1.82) is 0 Å². The minimum atomic E-state index is -0.111. The summed E-state index contributed by atoms with van der Waals surface area (Å²) in [6, 6.07) is 8.23. The summed E-state index contributed by atoms with van der Waals surface area (Å²) in [5.74, 6) is 0.519. The first-order valence-corrected chi connectivity index (χ1v) is 12.2. The number of thiophene rings is 1. The lowest BCUT2D eigenvalue weighted by Gasteiger charge is -2.45. The van der Waals surface area contributed by atoms with Crippen LogP contribution in [0.4, 0.5) is 5.69 Å². The number of ether oxygens (including phenoxy) is 1. The normalized spacial score (nSPS) is 18.6. The van der Waals surface area contributed by atoms with Crippen LogP contribution in [0.15, 0.2) is 40.6 Å². The Hall–Kier alpha value is -2.77. The largest absolute Gasteiger partial charge is 0.381 e. The van der Waals surface area contributed by atoms with Gasteiger partial charge in [-0.15, -0.1) is 11.3 Å². The first-order chi connectivity index (χ1) is 15.6. The number of hydrogen-bond acceptors (Lipinski definition) is 6. The van der Waals surface area contributed by atoms with E-state index in [1.54, 1.807) is 11.3 Å². The number of anilines is 1. The van der Waals surface area contributed by atoms with E-state index in [1.807, 2.05) is 30.6 Å². The number of H-pyrrole nitrogens is 1. The Morgan fingerprint density at radius 2 is 1.94 bits per heavy atom. The molecular formula is C25H26N4O2S. The molecular weight excluding hydrogens is 420 g/mol. The Balaban J connectivity index is 1.33. The quantitative estimate of drug-likeness (QED) is 0.474. The maximum absolute atomic E-state index is 13.1. The summed E-state index contributed by atoms with van der Waals surface area (Å²) in [4.78, 5) is 27.8. The molecule has 1 N–H and O–H groups in total. The van der Waals surface area contributed by atoms with E-state index in [4.69, 9.17) is 9.72 Å². The molecule has 1 spiro atoms. The topological polar surface area (TPSA) is 71.1 Å². The zero-order valence-corrected chi connectivity index (χ0v) is 19.0. The van der Waals surface area contributed by atoms with E-state index in [0.717, 1.165) is 53.2 Å². The summed E-state index contributed by atoms with van der Waals surface area (Å²) in [5, 5.41) is 3.80. The summed E-state index contributed by atoms with van der Waals surface area (Å²) in [6.45, 7) is 5.89. The van der Waals surface area contributed by atoms with Crippen LogP contribution in [0.5, 0.6) is 0 Å². The van der Waals surface area contributed by atoms with Gasteiger partial charge in [0.2, 0.25) is 0 Å². The van der Waals surface area contributed by atoms with Gasteiger partial charge >= 0.3 is 0 Å². The molecule has 4 aromatic rings. The van der Waals surface area contributed by atoms with Crippen molar-refractivity contribution in [2.75, 3.05) is 31.2 Å². The molecule has 0 atom stereocenters. The average molecular weight is 447 g/mol. The number of aromatic amines is 1. The predicted molar refractivity (Wildman–Crippen MR) is 130 cm³/mol. The Bertz CT molecular complexity index is 1360. The van der Waals surface area contributed by atoms with Gasteiger partial charge in [-0.05, 0) is 78.6 Å². The van der Waals surface area contributed by atoms with E-state index >= 15 is 0 Å². The molecule has 5 heterocycles. The fourth-order valence-corrected chi connectivity index (χ4v) is 5.98. The second kappa shape index (κ2) is 7.67. The lowest BCUT2D eigenvalue weighted by atomic mass is 9.72. The van der Waals surface area contributed by atoms with Gasteiger partial charge in [0.1, 0.15) is 5.69 Å². The van der Waals surface area contributed by atoms with Crippen LogP contribution in [0.2, 0.25) is 0 Å². The third-order valence-electron chi connectivity index (χ3n) is 7.31. The minimum absolute atomic E-state index is 0.111. The van der Waals surface area contributed by atoms with Gasteiger partial charge in [-0.3, -0.25) is 9.78 Å². The van der Waals surface area contributed by atoms with E-state index in [2.05, 4.69) is 27.0 Å². The van der Waals surface area contributed by atoms with Gasteiger partial charge in [-0.25, -0.2) is 4.98 Å². The number of pyridine rings is 1. The average Bonchev–Trinajstić information content (AvgIpc) is 3.28. The van der Waals surface area contributed by atoms with Crippen molar-refractivity contribution in [3.05, 3.63) is 51.8 Å². The molecule has 164 valence electrons. The van der Waals surface area contributed by atoms with E-state index in [1.165, 1.54) is 25.7 Å². The fourth-order valence-electron chi connectivity index (χ4n) is 5.24. The van der Waals surface area contributed by atoms with Gasteiger partial charge in [0.25, 0.3) is 5.56 Å². The Labute approximate surface area is 190 Å². The molecule has 2 saturated heterocycles. The molecule has 0 amide bonds. The lowest BCUT2D eigenvalue weighted by molar-refractivity contribution is 0.00212. The molecule has 2 fully saturated rings. The van der Waals surface area contributed by atoms with Gasteiger partial charge in [0.15, 0.2) is 5.82 Å².